The first-order chi connectivity index (χ1) is 12.0. The first kappa shape index (κ1) is 17.0. The molecule has 142 valence electrons. The Morgan fingerprint density at radius 2 is 1.72 bits per heavy atom. The summed E-state index contributed by atoms with van der Waals surface area (Å²) in [6, 6.07) is 0. The standard InChI is InChI=1S/C21H34O4/c1-19-7-6-17-15(16(19)4-5-18(19)23)3-2-14-12-21(24-10-11-25-21)9-8-20(14,17)13-22/h14-18,22-23H,2-13H2,1H3/t14-,15-,16-,17-,18?,19-,20+/m0/s1. The maximum absolute atomic E-state index is 10.6. The zero-order valence-electron chi connectivity index (χ0n) is 15.6. The molecule has 5 fully saturated rings. The summed E-state index contributed by atoms with van der Waals surface area (Å²) in [5, 5.41) is 21.2. The third-order valence-corrected chi connectivity index (χ3v) is 9.42. The maximum Gasteiger partial charge on any atom is 0.168 e. The van der Waals surface area contributed by atoms with E-state index in [0.717, 1.165) is 45.3 Å². The minimum Gasteiger partial charge on any atom is -0.396 e. The highest BCUT2D eigenvalue weighted by atomic mass is 16.7. The van der Waals surface area contributed by atoms with Gasteiger partial charge >= 0.3 is 0 Å². The molecule has 0 bridgehead atoms. The van der Waals surface area contributed by atoms with E-state index in [-0.39, 0.29) is 22.7 Å². The minimum absolute atomic E-state index is 0.0678. The first-order valence-corrected chi connectivity index (χ1v) is 10.6. The summed E-state index contributed by atoms with van der Waals surface area (Å²) in [6.45, 7) is 4.10. The maximum atomic E-state index is 10.6. The highest BCUT2D eigenvalue weighted by molar-refractivity contribution is 5.11. The quantitative estimate of drug-likeness (QED) is 0.763. The fourth-order valence-corrected chi connectivity index (χ4v) is 8.04. The molecular weight excluding hydrogens is 316 g/mol. The number of aliphatic hydroxyl groups excluding tert-OH is 2. The van der Waals surface area contributed by atoms with Crippen LogP contribution >= 0.6 is 0 Å². The summed E-state index contributed by atoms with van der Waals surface area (Å²) in [7, 11) is 0. The molecule has 2 N–H and O–H groups in total. The zero-order chi connectivity index (χ0) is 17.3. The van der Waals surface area contributed by atoms with E-state index in [2.05, 4.69) is 6.92 Å². The molecule has 1 unspecified atom stereocenters. The van der Waals surface area contributed by atoms with E-state index in [1.54, 1.807) is 0 Å². The Morgan fingerprint density at radius 3 is 2.48 bits per heavy atom. The fraction of sp³-hybridized carbons (Fsp3) is 1.00. The van der Waals surface area contributed by atoms with Crippen molar-refractivity contribution in [2.45, 2.75) is 76.6 Å². The Kier molecular flexibility index (Phi) is 3.85. The van der Waals surface area contributed by atoms with Crippen LogP contribution in [0.4, 0.5) is 0 Å². The van der Waals surface area contributed by atoms with Crippen molar-refractivity contribution in [1.82, 2.24) is 0 Å². The molecule has 0 radical (unpaired) electrons. The molecule has 4 aliphatic carbocycles. The number of ether oxygens (including phenoxy) is 2. The van der Waals surface area contributed by atoms with E-state index in [1.165, 1.54) is 25.7 Å². The Bertz CT molecular complexity index is 530. The molecule has 0 aromatic rings. The molecule has 4 heteroatoms. The van der Waals surface area contributed by atoms with Crippen LogP contribution in [-0.2, 0) is 9.47 Å². The average Bonchev–Trinajstić information content (AvgIpc) is 3.19. The molecule has 5 aliphatic rings. The van der Waals surface area contributed by atoms with Crippen molar-refractivity contribution >= 4 is 0 Å². The summed E-state index contributed by atoms with van der Waals surface area (Å²) >= 11 is 0. The summed E-state index contributed by atoms with van der Waals surface area (Å²) in [6.07, 6.45) is 9.77. The van der Waals surface area contributed by atoms with Gasteiger partial charge in [-0.15, -0.1) is 0 Å². The van der Waals surface area contributed by atoms with E-state index in [4.69, 9.17) is 9.47 Å². The highest BCUT2D eigenvalue weighted by Crippen LogP contribution is 2.67. The summed E-state index contributed by atoms with van der Waals surface area (Å²) in [5.41, 5.74) is 0.191. The predicted molar refractivity (Wildman–Crippen MR) is 93.8 cm³/mol. The molecule has 4 saturated carbocycles. The largest absolute Gasteiger partial charge is 0.396 e. The van der Waals surface area contributed by atoms with Gasteiger partial charge in [-0.05, 0) is 79.4 Å². The number of aliphatic hydroxyl groups is 2. The fourth-order valence-electron chi connectivity index (χ4n) is 8.04. The normalized spacial score (nSPS) is 54.1. The lowest BCUT2D eigenvalue weighted by atomic mass is 9.44. The van der Waals surface area contributed by atoms with Gasteiger partial charge in [0.05, 0.1) is 19.3 Å². The number of hydrogen-bond acceptors (Lipinski definition) is 4. The number of rotatable bonds is 1. The molecular formula is C21H34O4. The Hall–Kier alpha value is -0.160. The molecule has 1 spiro atoms. The van der Waals surface area contributed by atoms with Crippen molar-refractivity contribution in [3.8, 4) is 0 Å². The molecule has 0 aromatic heterocycles. The Labute approximate surface area is 151 Å². The van der Waals surface area contributed by atoms with Gasteiger partial charge in [0.1, 0.15) is 0 Å². The monoisotopic (exact) mass is 350 g/mol. The molecule has 5 rings (SSSR count). The van der Waals surface area contributed by atoms with E-state index in [0.29, 0.717) is 30.3 Å². The number of hydrogen-bond donors (Lipinski definition) is 2. The lowest BCUT2D eigenvalue weighted by Crippen LogP contribution is -2.58. The summed E-state index contributed by atoms with van der Waals surface area (Å²) in [4.78, 5) is 0. The predicted octanol–water partition coefficient (Wildman–Crippen LogP) is 3.11. The van der Waals surface area contributed by atoms with Crippen molar-refractivity contribution in [1.29, 1.82) is 0 Å². The van der Waals surface area contributed by atoms with Crippen LogP contribution in [-0.4, -0.2) is 41.9 Å². The second-order valence-electron chi connectivity index (χ2n) is 9.99. The van der Waals surface area contributed by atoms with Crippen molar-refractivity contribution in [2.75, 3.05) is 19.8 Å². The molecule has 0 aromatic carbocycles. The van der Waals surface area contributed by atoms with Gasteiger partial charge in [0.15, 0.2) is 5.79 Å². The van der Waals surface area contributed by atoms with Gasteiger partial charge in [-0.25, -0.2) is 0 Å². The second-order valence-corrected chi connectivity index (χ2v) is 9.99. The van der Waals surface area contributed by atoms with E-state index in [9.17, 15) is 10.2 Å². The Balaban J connectivity index is 1.44. The first-order valence-electron chi connectivity index (χ1n) is 10.6. The lowest BCUT2D eigenvalue weighted by Gasteiger charge is -2.62. The molecule has 1 aliphatic heterocycles. The van der Waals surface area contributed by atoms with Gasteiger partial charge in [0.2, 0.25) is 0 Å². The van der Waals surface area contributed by atoms with Crippen LogP contribution < -0.4 is 0 Å². The van der Waals surface area contributed by atoms with Crippen LogP contribution in [0.5, 0.6) is 0 Å². The molecule has 4 nitrogen and oxygen atoms in total. The van der Waals surface area contributed by atoms with Gasteiger partial charge in [-0.3, -0.25) is 0 Å². The lowest BCUT2D eigenvalue weighted by molar-refractivity contribution is -0.240. The van der Waals surface area contributed by atoms with Gasteiger partial charge in [-0.1, -0.05) is 6.92 Å². The van der Waals surface area contributed by atoms with Gasteiger partial charge in [-0.2, -0.15) is 0 Å². The summed E-state index contributed by atoms with van der Waals surface area (Å²) < 4.78 is 12.0. The molecule has 25 heavy (non-hydrogen) atoms. The van der Waals surface area contributed by atoms with Crippen LogP contribution in [0.3, 0.4) is 0 Å². The van der Waals surface area contributed by atoms with E-state index >= 15 is 0 Å². The van der Waals surface area contributed by atoms with E-state index < -0.39 is 0 Å². The van der Waals surface area contributed by atoms with Crippen LogP contribution in [0.15, 0.2) is 0 Å². The molecule has 0 amide bonds. The SMILES string of the molecule is C[C@]12CC[C@H]3[C@@H](CC[C@H]4CC5(CC[C@@]43CO)OCCO5)[C@@H]1CCC2O. The van der Waals surface area contributed by atoms with Gasteiger partial charge in [0.25, 0.3) is 0 Å². The average molecular weight is 350 g/mol. The van der Waals surface area contributed by atoms with Gasteiger partial charge < -0.3 is 19.7 Å². The molecule has 1 saturated heterocycles. The Morgan fingerprint density at radius 1 is 0.920 bits per heavy atom. The van der Waals surface area contributed by atoms with E-state index in [1.807, 2.05) is 0 Å². The smallest absolute Gasteiger partial charge is 0.168 e. The van der Waals surface area contributed by atoms with Crippen LogP contribution in [0.25, 0.3) is 0 Å². The zero-order valence-corrected chi connectivity index (χ0v) is 15.6. The van der Waals surface area contributed by atoms with Crippen LogP contribution in [0, 0.1) is 34.5 Å². The van der Waals surface area contributed by atoms with Crippen molar-refractivity contribution in [3.05, 3.63) is 0 Å². The molecule has 7 atom stereocenters. The number of fused-ring (bicyclic) bond motifs is 5. The highest BCUT2D eigenvalue weighted by Gasteiger charge is 2.63. The molecule has 1 heterocycles. The van der Waals surface area contributed by atoms with Gasteiger partial charge in [0, 0.05) is 19.4 Å². The minimum atomic E-state index is -0.344. The second kappa shape index (κ2) is 5.67. The van der Waals surface area contributed by atoms with Crippen LogP contribution in [0.2, 0.25) is 0 Å². The topological polar surface area (TPSA) is 58.9 Å². The third-order valence-electron chi connectivity index (χ3n) is 9.42. The van der Waals surface area contributed by atoms with Crippen molar-refractivity contribution in [2.24, 2.45) is 34.5 Å². The van der Waals surface area contributed by atoms with Crippen molar-refractivity contribution in [3.63, 3.8) is 0 Å². The van der Waals surface area contributed by atoms with Crippen LogP contribution in [0.1, 0.15) is 64.7 Å². The van der Waals surface area contributed by atoms with Crippen molar-refractivity contribution < 1.29 is 19.7 Å². The third kappa shape index (κ3) is 2.20. The summed E-state index contributed by atoms with van der Waals surface area (Å²) in [5.74, 6) is 2.15.